The molecule has 9 heteroatoms. The van der Waals surface area contributed by atoms with E-state index in [-0.39, 0.29) is 17.8 Å². The van der Waals surface area contributed by atoms with E-state index in [4.69, 9.17) is 0 Å². The summed E-state index contributed by atoms with van der Waals surface area (Å²) >= 11 is 0. The monoisotopic (exact) mass is 552 g/mol. The lowest BCUT2D eigenvalue weighted by molar-refractivity contribution is -0.137. The highest BCUT2D eigenvalue weighted by molar-refractivity contribution is 5.89. The minimum absolute atomic E-state index is 0.0860. The topological polar surface area (TPSA) is 82.3 Å². The zero-order valence-electron chi connectivity index (χ0n) is 22.2. The predicted octanol–water partition coefficient (Wildman–Crippen LogP) is 7.72. The Morgan fingerprint density at radius 3 is 1.62 bits per heavy atom. The van der Waals surface area contributed by atoms with E-state index in [2.05, 4.69) is 21.3 Å². The van der Waals surface area contributed by atoms with Crippen LogP contribution >= 0.6 is 0 Å². The average Bonchev–Trinajstić information content (AvgIpc) is 2.93. The summed E-state index contributed by atoms with van der Waals surface area (Å²) in [6, 6.07) is 20.7. The molecule has 40 heavy (non-hydrogen) atoms. The summed E-state index contributed by atoms with van der Waals surface area (Å²) in [6.07, 6.45) is 3.11. The van der Waals surface area contributed by atoms with Crippen molar-refractivity contribution in [2.75, 3.05) is 5.32 Å². The number of rotatable bonds is 7. The standard InChI is InChI=1S/C31H35F3N4O2/c32-31(33,34)24-18-20-26(21-19-24)36-30(40)38-28(23-14-8-5-9-15-23)27(22-12-6-4-7-13-22)37-29(39)35-25-16-10-2-1-3-11-17-25/h4-9,12-15,18-21,25,27-28H,1-3,10-11,16-17H2,(H2,35,37,39)(H2,36,38,40). The summed E-state index contributed by atoms with van der Waals surface area (Å²) < 4.78 is 38.8. The maximum absolute atomic E-state index is 13.3. The molecule has 1 aliphatic carbocycles. The van der Waals surface area contributed by atoms with Crippen molar-refractivity contribution in [3.63, 3.8) is 0 Å². The Balaban J connectivity index is 1.55. The third-order valence-electron chi connectivity index (χ3n) is 7.13. The number of nitrogens with one attached hydrogen (secondary N) is 4. The smallest absolute Gasteiger partial charge is 0.335 e. The summed E-state index contributed by atoms with van der Waals surface area (Å²) in [4.78, 5) is 26.4. The molecule has 4 rings (SSSR count). The van der Waals surface area contributed by atoms with E-state index < -0.39 is 29.9 Å². The number of carbonyl (C=O) groups is 2. The second-order valence-corrected chi connectivity index (χ2v) is 10.1. The number of benzene rings is 3. The lowest BCUT2D eigenvalue weighted by Crippen LogP contribution is -2.48. The highest BCUT2D eigenvalue weighted by Crippen LogP contribution is 2.31. The van der Waals surface area contributed by atoms with Gasteiger partial charge in [0.05, 0.1) is 17.6 Å². The Kier molecular flexibility index (Phi) is 10.0. The highest BCUT2D eigenvalue weighted by Gasteiger charge is 2.31. The molecular formula is C31H35F3N4O2. The van der Waals surface area contributed by atoms with E-state index in [1.807, 2.05) is 60.7 Å². The van der Waals surface area contributed by atoms with Gasteiger partial charge in [-0.3, -0.25) is 0 Å². The molecule has 3 aromatic rings. The van der Waals surface area contributed by atoms with E-state index in [9.17, 15) is 22.8 Å². The number of hydrogen-bond acceptors (Lipinski definition) is 2. The highest BCUT2D eigenvalue weighted by atomic mass is 19.4. The fourth-order valence-electron chi connectivity index (χ4n) is 5.06. The Morgan fingerprint density at radius 1 is 0.650 bits per heavy atom. The van der Waals surface area contributed by atoms with Crippen LogP contribution in [-0.2, 0) is 6.18 Å². The van der Waals surface area contributed by atoms with Crippen molar-refractivity contribution in [3.8, 4) is 0 Å². The summed E-state index contributed by atoms with van der Waals surface area (Å²) in [6.45, 7) is 0. The average molecular weight is 553 g/mol. The molecular weight excluding hydrogens is 517 g/mol. The second-order valence-electron chi connectivity index (χ2n) is 10.1. The normalized spacial score (nSPS) is 16.1. The van der Waals surface area contributed by atoms with Crippen LogP contribution in [0.4, 0.5) is 28.4 Å². The molecule has 0 saturated heterocycles. The summed E-state index contributed by atoms with van der Waals surface area (Å²) in [5.41, 5.74) is 0.956. The van der Waals surface area contributed by atoms with Crippen LogP contribution in [-0.4, -0.2) is 18.1 Å². The van der Waals surface area contributed by atoms with E-state index in [0.29, 0.717) is 0 Å². The molecule has 0 aromatic heterocycles. The first-order valence-electron chi connectivity index (χ1n) is 13.7. The first kappa shape index (κ1) is 29.0. The number of urea groups is 2. The Morgan fingerprint density at radius 2 is 1.12 bits per heavy atom. The summed E-state index contributed by atoms with van der Waals surface area (Å²) in [7, 11) is 0. The lowest BCUT2D eigenvalue weighted by Gasteiger charge is -2.31. The van der Waals surface area contributed by atoms with Crippen molar-refractivity contribution in [1.82, 2.24) is 16.0 Å². The van der Waals surface area contributed by atoms with Gasteiger partial charge in [-0.25, -0.2) is 9.59 Å². The summed E-state index contributed by atoms with van der Waals surface area (Å²) in [5, 5.41) is 11.8. The van der Waals surface area contributed by atoms with Gasteiger partial charge in [0, 0.05) is 11.7 Å². The molecule has 0 aliphatic heterocycles. The minimum Gasteiger partial charge on any atom is -0.335 e. The third-order valence-corrected chi connectivity index (χ3v) is 7.13. The molecule has 2 atom stereocenters. The number of amides is 4. The molecule has 1 fully saturated rings. The Hall–Kier alpha value is -4.01. The first-order valence-corrected chi connectivity index (χ1v) is 13.7. The molecule has 3 aromatic carbocycles. The van der Waals surface area contributed by atoms with Gasteiger partial charge >= 0.3 is 18.2 Å². The molecule has 212 valence electrons. The van der Waals surface area contributed by atoms with E-state index in [1.54, 1.807) is 0 Å². The number of carbonyl (C=O) groups excluding carboxylic acids is 2. The van der Waals surface area contributed by atoms with Gasteiger partial charge in [0.1, 0.15) is 0 Å². The summed E-state index contributed by atoms with van der Waals surface area (Å²) in [5.74, 6) is 0. The Labute approximate surface area is 232 Å². The molecule has 4 amide bonds. The molecule has 6 nitrogen and oxygen atoms in total. The molecule has 2 unspecified atom stereocenters. The van der Waals surface area contributed by atoms with Crippen LogP contribution in [0.1, 0.15) is 73.7 Å². The van der Waals surface area contributed by atoms with Gasteiger partial charge in [0.15, 0.2) is 0 Å². The zero-order valence-corrected chi connectivity index (χ0v) is 22.2. The van der Waals surface area contributed by atoms with Gasteiger partial charge in [-0.2, -0.15) is 13.2 Å². The molecule has 0 radical (unpaired) electrons. The van der Waals surface area contributed by atoms with Crippen molar-refractivity contribution in [2.24, 2.45) is 0 Å². The molecule has 0 spiro atoms. The lowest BCUT2D eigenvalue weighted by atomic mass is 9.93. The van der Waals surface area contributed by atoms with E-state index in [0.717, 1.165) is 48.9 Å². The maximum Gasteiger partial charge on any atom is 0.416 e. The SMILES string of the molecule is O=C(Nc1ccc(C(F)(F)F)cc1)NC(c1ccccc1)C(NC(=O)NC1CCCCCCC1)c1ccccc1. The second kappa shape index (κ2) is 13.9. The van der Waals surface area contributed by atoms with Gasteiger partial charge < -0.3 is 21.3 Å². The maximum atomic E-state index is 13.3. The van der Waals surface area contributed by atoms with Gasteiger partial charge in [-0.15, -0.1) is 0 Å². The van der Waals surface area contributed by atoms with Crippen LogP contribution in [0.5, 0.6) is 0 Å². The molecule has 0 bridgehead atoms. The van der Waals surface area contributed by atoms with Gasteiger partial charge in [0.25, 0.3) is 0 Å². The van der Waals surface area contributed by atoms with Crippen LogP contribution in [0, 0.1) is 0 Å². The van der Waals surface area contributed by atoms with Crippen LogP contribution in [0.3, 0.4) is 0 Å². The number of halogens is 3. The zero-order chi connectivity index (χ0) is 28.4. The predicted molar refractivity (Wildman–Crippen MR) is 150 cm³/mol. The quantitative estimate of drug-likeness (QED) is 0.242. The van der Waals surface area contributed by atoms with Crippen LogP contribution in [0.15, 0.2) is 84.9 Å². The number of hydrogen-bond donors (Lipinski definition) is 4. The number of alkyl halides is 3. The molecule has 0 heterocycles. The van der Waals surface area contributed by atoms with Crippen molar-refractivity contribution in [1.29, 1.82) is 0 Å². The van der Waals surface area contributed by atoms with Gasteiger partial charge in [0.2, 0.25) is 0 Å². The third kappa shape index (κ3) is 8.49. The van der Waals surface area contributed by atoms with Crippen molar-refractivity contribution in [3.05, 3.63) is 102 Å². The van der Waals surface area contributed by atoms with Crippen LogP contribution < -0.4 is 21.3 Å². The molecule has 4 N–H and O–H groups in total. The van der Waals surface area contributed by atoms with Crippen molar-refractivity contribution < 1.29 is 22.8 Å². The van der Waals surface area contributed by atoms with E-state index in [1.165, 1.54) is 31.4 Å². The minimum atomic E-state index is -4.47. The fraction of sp³-hybridized carbons (Fsp3) is 0.355. The number of anilines is 1. The molecule has 1 aliphatic rings. The fourth-order valence-corrected chi connectivity index (χ4v) is 5.06. The molecule has 1 saturated carbocycles. The van der Waals surface area contributed by atoms with E-state index >= 15 is 0 Å². The Bertz CT molecular complexity index is 1210. The van der Waals surface area contributed by atoms with Gasteiger partial charge in [-0.1, -0.05) is 92.8 Å². The van der Waals surface area contributed by atoms with Crippen LogP contribution in [0.25, 0.3) is 0 Å². The van der Waals surface area contributed by atoms with Gasteiger partial charge in [-0.05, 0) is 48.2 Å². The van der Waals surface area contributed by atoms with Crippen molar-refractivity contribution >= 4 is 17.7 Å². The first-order chi connectivity index (χ1) is 19.3. The van der Waals surface area contributed by atoms with Crippen molar-refractivity contribution in [2.45, 2.75) is 69.2 Å². The largest absolute Gasteiger partial charge is 0.416 e. The van der Waals surface area contributed by atoms with Crippen LogP contribution in [0.2, 0.25) is 0 Å².